The van der Waals surface area contributed by atoms with Gasteiger partial charge in [-0.1, -0.05) is 68.2 Å². The molecule has 1 heterocycles. The molecule has 6 saturated carbocycles. The number of anilines is 1. The third-order valence-corrected chi connectivity index (χ3v) is 15.3. The van der Waals surface area contributed by atoms with Gasteiger partial charge in [-0.2, -0.15) is 0 Å². The first-order valence-electron chi connectivity index (χ1n) is 18.0. The number of fused-ring (bicyclic) bond motifs is 9. The van der Waals surface area contributed by atoms with Crippen molar-refractivity contribution in [1.82, 2.24) is 0 Å². The molecule has 0 aromatic heterocycles. The number of nitrogens with two attached hydrogens (primary N) is 1. The Labute approximate surface area is 253 Å². The van der Waals surface area contributed by atoms with Gasteiger partial charge < -0.3 is 15.8 Å². The van der Waals surface area contributed by atoms with Gasteiger partial charge in [0.05, 0.1) is 6.04 Å². The summed E-state index contributed by atoms with van der Waals surface area (Å²) in [6.07, 6.45) is 23.9. The minimum atomic E-state index is -0.318. The van der Waals surface area contributed by atoms with Crippen molar-refractivity contribution in [2.45, 2.75) is 95.6 Å². The first kappa shape index (κ1) is 26.5. The lowest BCUT2D eigenvalue weighted by atomic mass is 9.66. The molecular formula is C39H52N2O. The van der Waals surface area contributed by atoms with Crippen LogP contribution in [0.4, 0.5) is 5.69 Å². The number of allylic oxidation sites excluding steroid dienone is 3. The van der Waals surface area contributed by atoms with Crippen LogP contribution in [0.25, 0.3) is 0 Å². The number of hydrogen-bond acceptors (Lipinski definition) is 3. The number of carbonyl (C=O) groups excluding carboxylic acids is 1. The first-order chi connectivity index (χ1) is 20.6. The molecule has 0 spiro atoms. The summed E-state index contributed by atoms with van der Waals surface area (Å²) in [4.78, 5) is 12.6. The van der Waals surface area contributed by atoms with Crippen molar-refractivity contribution >= 4 is 12.0 Å². The molecule has 0 saturated heterocycles. The average molecular weight is 565 g/mol. The number of aryl methyl sites for hydroxylation is 1. The van der Waals surface area contributed by atoms with Gasteiger partial charge in [-0.25, -0.2) is 0 Å². The van der Waals surface area contributed by atoms with Gasteiger partial charge in [0.25, 0.3) is 0 Å². The molecule has 224 valence electrons. The molecule has 9 rings (SSSR count). The zero-order chi connectivity index (χ0) is 28.2. The highest BCUT2D eigenvalue weighted by Gasteiger charge is 2.74. The zero-order valence-corrected chi connectivity index (χ0v) is 25.5. The van der Waals surface area contributed by atoms with E-state index in [1.807, 2.05) is 0 Å². The molecule has 0 radical (unpaired) electrons. The Kier molecular flexibility index (Phi) is 6.20. The summed E-state index contributed by atoms with van der Waals surface area (Å²) >= 11 is 0. The maximum atomic E-state index is 12.6. The Morgan fingerprint density at radius 1 is 0.857 bits per heavy atom. The Morgan fingerprint density at radius 3 is 2.52 bits per heavy atom. The molecule has 3 heteroatoms. The van der Waals surface area contributed by atoms with Gasteiger partial charge >= 0.3 is 0 Å². The van der Waals surface area contributed by atoms with Crippen LogP contribution in [0, 0.1) is 76.4 Å². The summed E-state index contributed by atoms with van der Waals surface area (Å²) in [6, 6.07) is 9.36. The van der Waals surface area contributed by atoms with E-state index in [-0.39, 0.29) is 11.5 Å². The van der Waals surface area contributed by atoms with Crippen LogP contribution in [0.3, 0.4) is 0 Å². The predicted octanol–water partition coefficient (Wildman–Crippen LogP) is 7.82. The van der Waals surface area contributed by atoms with E-state index in [2.05, 4.69) is 48.3 Å². The lowest BCUT2D eigenvalue weighted by molar-refractivity contribution is -0.111. The molecular weight excluding hydrogens is 512 g/mol. The number of nitrogens with one attached hydrogen (secondary N) is 1. The standard InChI is InChI=1S/C39H52N2O/c1-22-10-15-34-37(32-19-26(18-30(22)32)23-6-2-3-7-23)39(34,36(40)21-42)28-13-14-29-27(16-28)20-33-31(29)17-25-12-11-24-8-4-5-9-35(24)41-38(25)33/h4-5,8-9,13-14,21,23,25-34,36-38,41H,1-3,6-7,10-12,15-20,40H2/t25-,26+,27+,28-,29-,30-,31+,32+,33+,34+,36+,37+,38-,39-/m1/s1. The SMILES string of the molecule is C=C1CC[C@H]2[C@H]([C@H]3C[C@@H](C4CCCC4)C[C@H]13)[C@@]2([C@@H]1C=C[C@@H]2[C@H](C[C@H]3[C@H]2C[C@H]2CCc4ccccc4N[C@H]23)C1)[C@@H](N)C=O. The number of rotatable bonds is 4. The van der Waals surface area contributed by atoms with Crippen LogP contribution in [0.2, 0.25) is 0 Å². The number of para-hydroxylation sites is 1. The van der Waals surface area contributed by atoms with Crippen molar-refractivity contribution in [1.29, 1.82) is 0 Å². The molecule has 3 N–H and O–H groups in total. The van der Waals surface area contributed by atoms with Crippen LogP contribution >= 0.6 is 0 Å². The largest absolute Gasteiger partial charge is 0.382 e. The molecule has 0 bridgehead atoms. The summed E-state index contributed by atoms with van der Waals surface area (Å²) in [5.74, 6) is 8.86. The van der Waals surface area contributed by atoms with E-state index >= 15 is 0 Å². The molecule has 42 heavy (non-hydrogen) atoms. The molecule has 3 nitrogen and oxygen atoms in total. The van der Waals surface area contributed by atoms with Crippen LogP contribution in [0.5, 0.6) is 0 Å². The van der Waals surface area contributed by atoms with Crippen molar-refractivity contribution in [2.24, 2.45) is 82.2 Å². The van der Waals surface area contributed by atoms with Crippen LogP contribution in [-0.2, 0) is 11.2 Å². The highest BCUT2D eigenvalue weighted by molar-refractivity contribution is 5.62. The first-order valence-corrected chi connectivity index (χ1v) is 18.0. The fourth-order valence-electron chi connectivity index (χ4n) is 13.7. The minimum Gasteiger partial charge on any atom is -0.382 e. The summed E-state index contributed by atoms with van der Waals surface area (Å²) in [7, 11) is 0. The highest BCUT2D eigenvalue weighted by Crippen LogP contribution is 2.76. The lowest BCUT2D eigenvalue weighted by Gasteiger charge is -2.39. The smallest absolute Gasteiger partial charge is 0.137 e. The highest BCUT2D eigenvalue weighted by atomic mass is 16.1. The molecule has 14 atom stereocenters. The maximum absolute atomic E-state index is 12.6. The quantitative estimate of drug-likeness (QED) is 0.290. The topological polar surface area (TPSA) is 55.1 Å². The van der Waals surface area contributed by atoms with Gasteiger partial charge in [0.1, 0.15) is 6.29 Å². The van der Waals surface area contributed by atoms with E-state index in [4.69, 9.17) is 5.73 Å². The van der Waals surface area contributed by atoms with Crippen molar-refractivity contribution in [2.75, 3.05) is 5.32 Å². The van der Waals surface area contributed by atoms with Crippen LogP contribution in [0.15, 0.2) is 48.6 Å². The van der Waals surface area contributed by atoms with Crippen molar-refractivity contribution in [3.05, 3.63) is 54.1 Å². The summed E-state index contributed by atoms with van der Waals surface area (Å²) in [5, 5.41) is 4.09. The fraction of sp³-hybridized carbons (Fsp3) is 0.718. The maximum Gasteiger partial charge on any atom is 0.137 e. The van der Waals surface area contributed by atoms with Crippen LogP contribution < -0.4 is 11.1 Å². The second-order valence-corrected chi connectivity index (χ2v) is 16.5. The minimum absolute atomic E-state index is 0.00283. The Balaban J connectivity index is 0.982. The second kappa shape index (κ2) is 9.82. The van der Waals surface area contributed by atoms with E-state index in [0.717, 1.165) is 54.1 Å². The van der Waals surface area contributed by atoms with E-state index in [1.165, 1.54) is 93.9 Å². The third-order valence-electron chi connectivity index (χ3n) is 15.3. The van der Waals surface area contributed by atoms with E-state index in [1.54, 1.807) is 0 Å². The van der Waals surface area contributed by atoms with Gasteiger partial charge in [-0.15, -0.1) is 0 Å². The van der Waals surface area contributed by atoms with E-state index in [9.17, 15) is 4.79 Å². The van der Waals surface area contributed by atoms with Gasteiger partial charge in [-0.3, -0.25) is 0 Å². The molecule has 1 aromatic rings. The van der Waals surface area contributed by atoms with Crippen molar-refractivity contribution < 1.29 is 4.79 Å². The Hall–Kier alpha value is -1.87. The summed E-state index contributed by atoms with van der Waals surface area (Å²) in [6.45, 7) is 4.67. The Morgan fingerprint density at radius 2 is 1.67 bits per heavy atom. The van der Waals surface area contributed by atoms with E-state index < -0.39 is 0 Å². The van der Waals surface area contributed by atoms with Crippen molar-refractivity contribution in [3.8, 4) is 0 Å². The summed E-state index contributed by atoms with van der Waals surface area (Å²) < 4.78 is 0. The number of aldehydes is 1. The van der Waals surface area contributed by atoms with E-state index in [0.29, 0.717) is 35.6 Å². The number of carbonyl (C=O) groups is 1. The molecule has 1 aromatic carbocycles. The van der Waals surface area contributed by atoms with Gasteiger partial charge in [0.15, 0.2) is 0 Å². The number of benzene rings is 1. The van der Waals surface area contributed by atoms with Crippen molar-refractivity contribution in [3.63, 3.8) is 0 Å². The van der Waals surface area contributed by atoms with Crippen LogP contribution in [0.1, 0.15) is 82.6 Å². The van der Waals surface area contributed by atoms with Crippen LogP contribution in [-0.4, -0.2) is 18.4 Å². The predicted molar refractivity (Wildman–Crippen MR) is 170 cm³/mol. The average Bonchev–Trinajstić information content (AvgIpc) is 3.48. The zero-order valence-electron chi connectivity index (χ0n) is 25.5. The van der Waals surface area contributed by atoms with Gasteiger partial charge in [-0.05, 0) is 140 Å². The molecule has 0 amide bonds. The second-order valence-electron chi connectivity index (χ2n) is 16.5. The monoisotopic (exact) mass is 564 g/mol. The lowest BCUT2D eigenvalue weighted by Crippen LogP contribution is -2.43. The molecule has 1 aliphatic heterocycles. The Bertz CT molecular complexity index is 1280. The fourth-order valence-corrected chi connectivity index (χ4v) is 13.7. The number of hydrogen-bond donors (Lipinski definition) is 2. The van der Waals surface area contributed by atoms with Gasteiger partial charge in [0, 0.05) is 17.1 Å². The summed E-state index contributed by atoms with van der Waals surface area (Å²) in [5.41, 5.74) is 11.4. The molecule has 7 aliphatic carbocycles. The van der Waals surface area contributed by atoms with Gasteiger partial charge in [0.2, 0.25) is 0 Å². The third kappa shape index (κ3) is 3.70. The molecule has 8 aliphatic rings. The molecule has 0 unspecified atom stereocenters. The normalized spacial score (nSPS) is 49.4. The molecule has 6 fully saturated rings.